The summed E-state index contributed by atoms with van der Waals surface area (Å²) in [5.74, 6) is -2.73. The molecule has 0 fully saturated rings. The van der Waals surface area contributed by atoms with Gasteiger partial charge in [-0.05, 0) is 12.5 Å². The average molecular weight is 221 g/mol. The second kappa shape index (κ2) is 5.13. The van der Waals surface area contributed by atoms with Crippen molar-refractivity contribution in [2.24, 2.45) is 0 Å². The van der Waals surface area contributed by atoms with Crippen LogP contribution < -0.4 is 0 Å². The molecule has 2 N–H and O–H groups in total. The van der Waals surface area contributed by atoms with E-state index in [1.165, 1.54) is 19.1 Å². The molecule has 0 spiro atoms. The van der Waals surface area contributed by atoms with Gasteiger partial charge in [-0.25, -0.2) is 0 Å². The fraction of sp³-hybridized carbons (Fsp3) is 0.200. The van der Waals surface area contributed by atoms with Crippen LogP contribution in [0.15, 0.2) is 30.3 Å². The fourth-order valence-corrected chi connectivity index (χ4v) is 1.11. The van der Waals surface area contributed by atoms with Crippen molar-refractivity contribution in [2.75, 3.05) is 0 Å². The summed E-state index contributed by atoms with van der Waals surface area (Å²) < 4.78 is 0. The van der Waals surface area contributed by atoms with Crippen LogP contribution in [0.3, 0.4) is 0 Å². The van der Waals surface area contributed by atoms with Crippen LogP contribution >= 0.6 is 0 Å². The molecule has 1 aromatic rings. The second-order valence-electron chi connectivity index (χ2n) is 3.10. The van der Waals surface area contributed by atoms with Gasteiger partial charge in [0.2, 0.25) is 0 Å². The molecule has 0 aliphatic heterocycles. The van der Waals surface area contributed by atoms with Crippen LogP contribution in [0.2, 0.25) is 0 Å². The molecule has 0 aliphatic carbocycles. The van der Waals surface area contributed by atoms with Gasteiger partial charge in [0, 0.05) is 0 Å². The maximum absolute atomic E-state index is 10.9. The molecular formula is C10H12MgO4. The van der Waals surface area contributed by atoms with Gasteiger partial charge < -0.3 is 13.1 Å². The molecule has 0 aliphatic rings. The van der Waals surface area contributed by atoms with E-state index >= 15 is 0 Å². The Morgan fingerprint density at radius 3 is 1.87 bits per heavy atom. The Labute approximate surface area is 106 Å². The molecule has 0 amide bonds. The molecule has 0 heterocycles. The maximum atomic E-state index is 10.9. The van der Waals surface area contributed by atoms with Crippen molar-refractivity contribution >= 4 is 35.0 Å². The van der Waals surface area contributed by atoms with Crippen LogP contribution in [0.4, 0.5) is 0 Å². The smallest absolute Gasteiger partial charge is 1.00 e. The van der Waals surface area contributed by atoms with Crippen molar-refractivity contribution in [2.45, 2.75) is 12.3 Å². The molecule has 1 aromatic carbocycles. The van der Waals surface area contributed by atoms with E-state index in [9.17, 15) is 9.59 Å². The molecule has 4 nitrogen and oxygen atoms in total. The van der Waals surface area contributed by atoms with Crippen LogP contribution in [0.5, 0.6) is 0 Å². The van der Waals surface area contributed by atoms with Crippen molar-refractivity contribution in [1.29, 1.82) is 0 Å². The Balaban J connectivity index is -0.000000653. The molecular weight excluding hydrogens is 208 g/mol. The van der Waals surface area contributed by atoms with E-state index in [0.29, 0.717) is 0 Å². The summed E-state index contributed by atoms with van der Waals surface area (Å²) in [6, 6.07) is 7.90. The first-order chi connectivity index (χ1) is 6.49. The van der Waals surface area contributed by atoms with Gasteiger partial charge in [0.15, 0.2) is 5.41 Å². The predicted octanol–water partition coefficient (Wildman–Crippen LogP) is 0.958. The third-order valence-electron chi connectivity index (χ3n) is 2.21. The van der Waals surface area contributed by atoms with Gasteiger partial charge >= 0.3 is 35.0 Å². The zero-order valence-corrected chi connectivity index (χ0v) is 9.72. The number of benzene rings is 1. The molecule has 0 atom stereocenters. The second-order valence-corrected chi connectivity index (χ2v) is 3.10. The summed E-state index contributed by atoms with van der Waals surface area (Å²) in [7, 11) is 0. The first-order valence-electron chi connectivity index (χ1n) is 4.02. The summed E-state index contributed by atoms with van der Waals surface area (Å²) in [6.07, 6.45) is 0. The number of aliphatic carboxylic acids is 2. The molecule has 78 valence electrons. The normalized spacial score (nSPS) is 10.2. The molecule has 5 heteroatoms. The Bertz CT molecular complexity index is 356. The number of carboxylic acid groups (broad SMARTS) is 2. The van der Waals surface area contributed by atoms with E-state index in [-0.39, 0.29) is 31.5 Å². The van der Waals surface area contributed by atoms with E-state index in [1.54, 1.807) is 18.2 Å². The SMILES string of the molecule is CC(C(=O)O)(C(=O)O)c1ccccc1.[H-].[H-].[Mg+2]. The Hall–Kier alpha value is -1.07. The van der Waals surface area contributed by atoms with Gasteiger partial charge in [0.25, 0.3) is 0 Å². The molecule has 0 saturated heterocycles. The first kappa shape index (κ1) is 13.9. The van der Waals surface area contributed by atoms with Crippen molar-refractivity contribution in [3.05, 3.63) is 35.9 Å². The average Bonchev–Trinajstić information content (AvgIpc) is 2.17. The maximum Gasteiger partial charge on any atom is 2.00 e. The zero-order chi connectivity index (χ0) is 10.8. The quantitative estimate of drug-likeness (QED) is 0.588. The van der Waals surface area contributed by atoms with Crippen molar-refractivity contribution in [1.82, 2.24) is 0 Å². The summed E-state index contributed by atoms with van der Waals surface area (Å²) in [6.45, 7) is 1.17. The van der Waals surface area contributed by atoms with Crippen LogP contribution in [0.1, 0.15) is 15.3 Å². The van der Waals surface area contributed by atoms with Gasteiger partial charge in [-0.2, -0.15) is 0 Å². The van der Waals surface area contributed by atoms with E-state index in [4.69, 9.17) is 10.2 Å². The predicted molar refractivity (Wildman–Crippen MR) is 57.0 cm³/mol. The summed E-state index contributed by atoms with van der Waals surface area (Å²) in [4.78, 5) is 21.8. The van der Waals surface area contributed by atoms with Gasteiger partial charge in [0.1, 0.15) is 0 Å². The van der Waals surface area contributed by atoms with Crippen molar-refractivity contribution in [3.63, 3.8) is 0 Å². The third kappa shape index (κ3) is 2.48. The fourth-order valence-electron chi connectivity index (χ4n) is 1.11. The largest absolute Gasteiger partial charge is 2.00 e. The van der Waals surface area contributed by atoms with Crippen molar-refractivity contribution < 1.29 is 22.7 Å². The molecule has 0 bridgehead atoms. The topological polar surface area (TPSA) is 74.6 Å². The minimum Gasteiger partial charge on any atom is -1.00 e. The number of hydrogen-bond acceptors (Lipinski definition) is 2. The molecule has 0 aromatic heterocycles. The Morgan fingerprint density at radius 2 is 1.53 bits per heavy atom. The number of hydrogen-bond donors (Lipinski definition) is 2. The van der Waals surface area contributed by atoms with Gasteiger partial charge in [-0.15, -0.1) is 0 Å². The summed E-state index contributed by atoms with van der Waals surface area (Å²) in [5.41, 5.74) is -1.61. The number of carbonyl (C=O) groups is 2. The third-order valence-corrected chi connectivity index (χ3v) is 2.21. The zero-order valence-electron chi connectivity index (χ0n) is 10.3. The Morgan fingerprint density at radius 1 is 1.13 bits per heavy atom. The Kier molecular flexibility index (Phi) is 4.77. The minimum atomic E-state index is -1.87. The van der Waals surface area contributed by atoms with Gasteiger partial charge in [0.05, 0.1) is 0 Å². The van der Waals surface area contributed by atoms with E-state index < -0.39 is 17.4 Å². The minimum absolute atomic E-state index is 0. The number of carboxylic acids is 2. The molecule has 0 unspecified atom stereocenters. The van der Waals surface area contributed by atoms with Crippen LogP contribution in [0, 0.1) is 0 Å². The monoisotopic (exact) mass is 220 g/mol. The van der Waals surface area contributed by atoms with Gasteiger partial charge in [-0.3, -0.25) is 9.59 Å². The van der Waals surface area contributed by atoms with Crippen molar-refractivity contribution in [3.8, 4) is 0 Å². The van der Waals surface area contributed by atoms with E-state index in [0.717, 1.165) is 0 Å². The van der Waals surface area contributed by atoms with Crippen LogP contribution in [-0.2, 0) is 15.0 Å². The molecule has 15 heavy (non-hydrogen) atoms. The van der Waals surface area contributed by atoms with Crippen LogP contribution in [0.25, 0.3) is 0 Å². The molecule has 1 rings (SSSR count). The standard InChI is InChI=1S/C10H10O4.Mg.2H/c1-10(8(11)12,9(13)14)7-5-3-2-4-6-7;;;/h2-6H,1H3,(H,11,12)(H,13,14);;;/q;+2;2*-1. The summed E-state index contributed by atoms with van der Waals surface area (Å²) >= 11 is 0. The van der Waals surface area contributed by atoms with E-state index in [1.807, 2.05) is 0 Å². The van der Waals surface area contributed by atoms with Crippen LogP contribution in [-0.4, -0.2) is 45.2 Å². The summed E-state index contributed by atoms with van der Waals surface area (Å²) in [5, 5.41) is 17.8. The number of rotatable bonds is 3. The molecule has 0 saturated carbocycles. The first-order valence-corrected chi connectivity index (χ1v) is 4.02. The van der Waals surface area contributed by atoms with E-state index in [2.05, 4.69) is 0 Å². The molecule has 0 radical (unpaired) electrons. The van der Waals surface area contributed by atoms with Gasteiger partial charge in [-0.1, -0.05) is 30.3 Å².